The van der Waals surface area contributed by atoms with Crippen LogP contribution in [-0.2, 0) is 35.7 Å². The summed E-state index contributed by atoms with van der Waals surface area (Å²) in [7, 11) is 1.51. The molecule has 2 aromatic rings. The van der Waals surface area contributed by atoms with Gasteiger partial charge in [0.1, 0.15) is 6.61 Å². The molecule has 1 N–H and O–H groups in total. The summed E-state index contributed by atoms with van der Waals surface area (Å²) in [6, 6.07) is 10.8. The Balaban J connectivity index is 1.56. The van der Waals surface area contributed by atoms with Gasteiger partial charge >= 0.3 is 0 Å². The van der Waals surface area contributed by atoms with E-state index in [1.54, 1.807) is 11.8 Å². The minimum Gasteiger partial charge on any atom is -0.375 e. The highest BCUT2D eigenvalue weighted by Crippen LogP contribution is 2.19. The molecule has 7 heteroatoms. The van der Waals surface area contributed by atoms with Gasteiger partial charge in [-0.15, -0.1) is 11.8 Å². The lowest BCUT2D eigenvalue weighted by Gasteiger charge is -2.27. The molecule has 0 fully saturated rings. The zero-order valence-corrected chi connectivity index (χ0v) is 15.5. The lowest BCUT2D eigenvalue weighted by molar-refractivity contribution is -0.124. The van der Waals surface area contributed by atoms with Gasteiger partial charge in [-0.3, -0.25) is 14.4 Å². The van der Waals surface area contributed by atoms with Crippen LogP contribution in [0.5, 0.6) is 0 Å². The lowest BCUT2D eigenvalue weighted by atomic mass is 10.2. The van der Waals surface area contributed by atoms with Crippen molar-refractivity contribution in [2.75, 3.05) is 26.5 Å². The van der Waals surface area contributed by atoms with Crippen LogP contribution in [0.15, 0.2) is 35.2 Å². The van der Waals surface area contributed by atoms with E-state index in [-0.39, 0.29) is 12.5 Å². The van der Waals surface area contributed by atoms with Crippen molar-refractivity contribution in [3.8, 4) is 0 Å². The van der Waals surface area contributed by atoms with Crippen LogP contribution in [0.25, 0.3) is 0 Å². The van der Waals surface area contributed by atoms with E-state index >= 15 is 0 Å². The number of benzene rings is 1. The average molecular weight is 360 g/mol. The SMILES string of the molecule is COCC(=O)NCc1cc2n(n1)CCN(Cc1ccc(SC)cc1)C2. The molecule has 1 aromatic carbocycles. The summed E-state index contributed by atoms with van der Waals surface area (Å²) in [6.07, 6.45) is 2.09. The Labute approximate surface area is 152 Å². The molecule has 134 valence electrons. The molecule has 2 heterocycles. The second-order valence-electron chi connectivity index (χ2n) is 6.12. The van der Waals surface area contributed by atoms with Crippen molar-refractivity contribution in [3.05, 3.63) is 47.3 Å². The number of nitrogens with zero attached hydrogens (tertiary/aromatic N) is 3. The fourth-order valence-electron chi connectivity index (χ4n) is 2.96. The third-order valence-corrected chi connectivity index (χ3v) is 4.98. The fourth-order valence-corrected chi connectivity index (χ4v) is 3.37. The molecule has 0 unspecified atom stereocenters. The molecule has 0 bridgehead atoms. The minimum atomic E-state index is -0.121. The molecule has 0 saturated carbocycles. The molecule has 0 radical (unpaired) electrons. The molecule has 6 nitrogen and oxygen atoms in total. The first-order valence-electron chi connectivity index (χ1n) is 8.34. The van der Waals surface area contributed by atoms with Crippen LogP contribution in [-0.4, -0.2) is 47.1 Å². The lowest BCUT2D eigenvalue weighted by Crippen LogP contribution is -2.33. The Bertz CT molecular complexity index is 714. The highest BCUT2D eigenvalue weighted by Gasteiger charge is 2.18. The van der Waals surface area contributed by atoms with E-state index in [1.165, 1.54) is 23.3 Å². The van der Waals surface area contributed by atoms with Crippen LogP contribution in [0.3, 0.4) is 0 Å². The van der Waals surface area contributed by atoms with E-state index in [0.29, 0.717) is 6.54 Å². The van der Waals surface area contributed by atoms with Gasteiger partial charge in [-0.05, 0) is 30.0 Å². The summed E-state index contributed by atoms with van der Waals surface area (Å²) in [4.78, 5) is 15.2. The predicted octanol–water partition coefficient (Wildman–Crippen LogP) is 1.88. The van der Waals surface area contributed by atoms with E-state index in [9.17, 15) is 4.79 Å². The van der Waals surface area contributed by atoms with Crippen LogP contribution in [0, 0.1) is 0 Å². The summed E-state index contributed by atoms with van der Waals surface area (Å²) in [5.41, 5.74) is 3.42. The van der Waals surface area contributed by atoms with Gasteiger partial charge in [-0.2, -0.15) is 5.10 Å². The molecule has 1 aliphatic heterocycles. The molecule has 25 heavy (non-hydrogen) atoms. The van der Waals surface area contributed by atoms with Crippen LogP contribution in [0.1, 0.15) is 17.0 Å². The third kappa shape index (κ3) is 4.84. The van der Waals surface area contributed by atoms with Gasteiger partial charge in [0, 0.05) is 31.6 Å². The van der Waals surface area contributed by atoms with Crippen LogP contribution >= 0.6 is 11.8 Å². The number of amides is 1. The zero-order chi connectivity index (χ0) is 17.6. The molecule has 1 amide bonds. The second-order valence-corrected chi connectivity index (χ2v) is 7.00. The molecule has 0 spiro atoms. The van der Waals surface area contributed by atoms with E-state index in [2.05, 4.69) is 51.9 Å². The number of methoxy groups -OCH3 is 1. The van der Waals surface area contributed by atoms with Crippen LogP contribution in [0.2, 0.25) is 0 Å². The normalized spacial score (nSPS) is 14.3. The van der Waals surface area contributed by atoms with Gasteiger partial charge in [0.15, 0.2) is 0 Å². The fraction of sp³-hybridized carbons (Fsp3) is 0.444. The van der Waals surface area contributed by atoms with Crippen molar-refractivity contribution < 1.29 is 9.53 Å². The minimum absolute atomic E-state index is 0.0800. The largest absolute Gasteiger partial charge is 0.375 e. The van der Waals surface area contributed by atoms with E-state index in [4.69, 9.17) is 4.74 Å². The molecule has 0 saturated heterocycles. The molecular weight excluding hydrogens is 336 g/mol. The van der Waals surface area contributed by atoms with Gasteiger partial charge in [-0.1, -0.05) is 12.1 Å². The standard InChI is InChI=1S/C18H24N4O2S/c1-24-13-18(23)19-10-15-9-16-12-21(7-8-22(16)20-15)11-14-3-5-17(25-2)6-4-14/h3-6,9H,7-8,10-13H2,1-2H3,(H,19,23). The first-order valence-corrected chi connectivity index (χ1v) is 9.57. The molecule has 1 aromatic heterocycles. The van der Waals surface area contributed by atoms with Crippen LogP contribution in [0.4, 0.5) is 0 Å². The molecular formula is C18H24N4O2S. The number of fused-ring (bicyclic) bond motifs is 1. The summed E-state index contributed by atoms with van der Waals surface area (Å²) in [5, 5.41) is 7.39. The van der Waals surface area contributed by atoms with Crippen molar-refractivity contribution in [3.63, 3.8) is 0 Å². The maximum absolute atomic E-state index is 11.5. The van der Waals surface area contributed by atoms with Crippen molar-refractivity contribution >= 4 is 17.7 Å². The summed E-state index contributed by atoms with van der Waals surface area (Å²) < 4.78 is 6.86. The predicted molar refractivity (Wildman–Crippen MR) is 98.3 cm³/mol. The monoisotopic (exact) mass is 360 g/mol. The number of carbonyl (C=O) groups excluding carboxylic acids is 1. The zero-order valence-electron chi connectivity index (χ0n) is 14.7. The number of hydrogen-bond donors (Lipinski definition) is 1. The number of thioether (sulfide) groups is 1. The maximum Gasteiger partial charge on any atom is 0.246 e. The summed E-state index contributed by atoms with van der Waals surface area (Å²) in [5.74, 6) is -0.121. The highest BCUT2D eigenvalue weighted by atomic mass is 32.2. The smallest absolute Gasteiger partial charge is 0.246 e. The van der Waals surface area contributed by atoms with Gasteiger partial charge in [0.2, 0.25) is 5.91 Å². The highest BCUT2D eigenvalue weighted by molar-refractivity contribution is 7.98. The number of rotatable bonds is 7. The van der Waals surface area contributed by atoms with Crippen molar-refractivity contribution in [2.45, 2.75) is 31.1 Å². The number of hydrogen-bond acceptors (Lipinski definition) is 5. The third-order valence-electron chi connectivity index (χ3n) is 4.23. The average Bonchev–Trinajstić information content (AvgIpc) is 3.03. The molecule has 0 aliphatic carbocycles. The molecule has 1 aliphatic rings. The first-order chi connectivity index (χ1) is 12.2. The van der Waals surface area contributed by atoms with Crippen LogP contribution < -0.4 is 5.32 Å². The Morgan fingerprint density at radius 2 is 2.12 bits per heavy atom. The second kappa shape index (κ2) is 8.51. The maximum atomic E-state index is 11.5. The molecule has 0 atom stereocenters. The number of nitrogens with one attached hydrogen (secondary N) is 1. The quantitative estimate of drug-likeness (QED) is 0.764. The number of carbonyl (C=O) groups is 1. The van der Waals surface area contributed by atoms with Gasteiger partial charge < -0.3 is 10.1 Å². The first kappa shape index (κ1) is 18.0. The van der Waals surface area contributed by atoms with Gasteiger partial charge in [0.05, 0.1) is 24.5 Å². The Hall–Kier alpha value is -1.83. The van der Waals surface area contributed by atoms with E-state index < -0.39 is 0 Å². The van der Waals surface area contributed by atoms with E-state index in [1.807, 2.05) is 4.68 Å². The van der Waals surface area contributed by atoms with Crippen molar-refractivity contribution in [1.29, 1.82) is 0 Å². The van der Waals surface area contributed by atoms with Gasteiger partial charge in [0.25, 0.3) is 0 Å². The van der Waals surface area contributed by atoms with Gasteiger partial charge in [-0.25, -0.2) is 0 Å². The topological polar surface area (TPSA) is 59.4 Å². The van der Waals surface area contributed by atoms with Crippen molar-refractivity contribution in [2.24, 2.45) is 0 Å². The summed E-state index contributed by atoms with van der Waals surface area (Å²) >= 11 is 1.76. The Morgan fingerprint density at radius 3 is 2.84 bits per heavy atom. The van der Waals surface area contributed by atoms with Crippen molar-refractivity contribution in [1.82, 2.24) is 20.0 Å². The number of ether oxygens (including phenoxy) is 1. The Morgan fingerprint density at radius 1 is 1.32 bits per heavy atom. The van der Waals surface area contributed by atoms with E-state index in [0.717, 1.165) is 31.9 Å². The Kier molecular flexibility index (Phi) is 6.12. The number of aromatic nitrogens is 2. The molecule has 3 rings (SSSR count). The summed E-state index contributed by atoms with van der Waals surface area (Å²) in [6.45, 7) is 4.21.